The van der Waals surface area contributed by atoms with E-state index in [1.54, 1.807) is 37.1 Å². The largest absolute Gasteiger partial charge is 0.496 e. The first-order valence-electron chi connectivity index (χ1n) is 6.30. The van der Waals surface area contributed by atoms with Gasteiger partial charge < -0.3 is 9.84 Å². The van der Waals surface area contributed by atoms with E-state index in [2.05, 4.69) is 19.1 Å². The number of thioether (sulfide) groups is 1. The van der Waals surface area contributed by atoms with E-state index in [9.17, 15) is 4.79 Å². The lowest BCUT2D eigenvalue weighted by atomic mass is 10.0. The van der Waals surface area contributed by atoms with Crippen molar-refractivity contribution in [2.45, 2.75) is 11.8 Å². The summed E-state index contributed by atoms with van der Waals surface area (Å²) in [5, 5.41) is 9.00. The highest BCUT2D eigenvalue weighted by atomic mass is 32.2. The second-order valence-corrected chi connectivity index (χ2v) is 5.52. The third-order valence-electron chi connectivity index (χ3n) is 2.92. The fourth-order valence-corrected chi connectivity index (χ4v) is 2.62. The Morgan fingerprint density at radius 2 is 1.90 bits per heavy atom. The molecule has 0 fully saturated rings. The average Bonchev–Trinajstić information content (AvgIpc) is 2.47. The van der Waals surface area contributed by atoms with Crippen LogP contribution in [0.1, 0.15) is 17.3 Å². The lowest BCUT2D eigenvalue weighted by molar-refractivity contribution is 0.0696. The van der Waals surface area contributed by atoms with Crippen LogP contribution in [0, 0.1) is 0 Å². The van der Waals surface area contributed by atoms with Gasteiger partial charge in [-0.15, -0.1) is 11.8 Å². The highest BCUT2D eigenvalue weighted by Crippen LogP contribution is 2.32. The van der Waals surface area contributed by atoms with E-state index < -0.39 is 5.97 Å². The zero-order chi connectivity index (χ0) is 14.5. The Hall–Kier alpha value is -1.94. The van der Waals surface area contributed by atoms with Crippen molar-refractivity contribution in [1.82, 2.24) is 0 Å². The molecule has 4 heteroatoms. The van der Waals surface area contributed by atoms with Crippen LogP contribution in [-0.2, 0) is 0 Å². The Kier molecular flexibility index (Phi) is 4.69. The molecule has 2 rings (SSSR count). The van der Waals surface area contributed by atoms with Crippen molar-refractivity contribution in [1.29, 1.82) is 0 Å². The topological polar surface area (TPSA) is 46.5 Å². The molecular weight excluding hydrogens is 272 g/mol. The highest BCUT2D eigenvalue weighted by molar-refractivity contribution is 7.99. The molecule has 0 unspecified atom stereocenters. The minimum Gasteiger partial charge on any atom is -0.496 e. The zero-order valence-corrected chi connectivity index (χ0v) is 12.2. The van der Waals surface area contributed by atoms with Crippen LogP contribution < -0.4 is 4.74 Å². The number of carboxylic acids is 1. The zero-order valence-electron chi connectivity index (χ0n) is 11.4. The van der Waals surface area contributed by atoms with Crippen LogP contribution in [0.4, 0.5) is 0 Å². The summed E-state index contributed by atoms with van der Waals surface area (Å²) in [6.45, 7) is 2.12. The minimum atomic E-state index is -0.954. The Morgan fingerprint density at radius 3 is 2.45 bits per heavy atom. The number of hydrogen-bond donors (Lipinski definition) is 1. The molecule has 0 saturated carbocycles. The molecule has 0 aliphatic rings. The van der Waals surface area contributed by atoms with Crippen molar-refractivity contribution in [2.75, 3.05) is 12.9 Å². The summed E-state index contributed by atoms with van der Waals surface area (Å²) in [4.78, 5) is 12.2. The number of hydrogen-bond acceptors (Lipinski definition) is 3. The molecule has 0 aliphatic carbocycles. The SMILES string of the molecule is CCSc1ccc(-c2ccc(C(=O)O)cc2OC)cc1. The van der Waals surface area contributed by atoms with Gasteiger partial charge in [0.05, 0.1) is 12.7 Å². The third kappa shape index (κ3) is 3.14. The molecule has 0 spiro atoms. The van der Waals surface area contributed by atoms with Gasteiger partial charge in [0.15, 0.2) is 0 Å². The standard InChI is InChI=1S/C16H16O3S/c1-3-20-13-7-4-11(5-8-13)14-9-6-12(16(17)18)10-15(14)19-2/h4-10H,3H2,1-2H3,(H,17,18). The molecule has 0 amide bonds. The van der Waals surface area contributed by atoms with Crippen molar-refractivity contribution in [3.8, 4) is 16.9 Å². The Labute approximate surface area is 122 Å². The van der Waals surface area contributed by atoms with E-state index in [0.717, 1.165) is 16.9 Å². The summed E-state index contributed by atoms with van der Waals surface area (Å²) in [5.74, 6) is 0.654. The lowest BCUT2D eigenvalue weighted by Gasteiger charge is -2.10. The molecule has 0 saturated heterocycles. The van der Waals surface area contributed by atoms with E-state index in [-0.39, 0.29) is 5.56 Å². The van der Waals surface area contributed by atoms with Crippen molar-refractivity contribution in [2.24, 2.45) is 0 Å². The molecule has 0 aromatic heterocycles. The van der Waals surface area contributed by atoms with Crippen molar-refractivity contribution in [3.63, 3.8) is 0 Å². The number of ether oxygens (including phenoxy) is 1. The monoisotopic (exact) mass is 288 g/mol. The lowest BCUT2D eigenvalue weighted by Crippen LogP contribution is -1.98. The minimum absolute atomic E-state index is 0.226. The highest BCUT2D eigenvalue weighted by Gasteiger charge is 2.10. The predicted octanol–water partition coefficient (Wildman–Crippen LogP) is 4.17. The maximum atomic E-state index is 11.0. The van der Waals surface area contributed by atoms with E-state index in [4.69, 9.17) is 9.84 Å². The number of rotatable bonds is 5. The van der Waals surface area contributed by atoms with Crippen LogP contribution >= 0.6 is 11.8 Å². The van der Waals surface area contributed by atoms with Gasteiger partial charge in [-0.2, -0.15) is 0 Å². The predicted molar refractivity (Wildman–Crippen MR) is 81.8 cm³/mol. The van der Waals surface area contributed by atoms with Gasteiger partial charge >= 0.3 is 5.97 Å². The third-order valence-corrected chi connectivity index (χ3v) is 3.82. The van der Waals surface area contributed by atoms with Gasteiger partial charge in [0.1, 0.15) is 5.75 Å². The first kappa shape index (κ1) is 14.5. The fourth-order valence-electron chi connectivity index (χ4n) is 1.96. The summed E-state index contributed by atoms with van der Waals surface area (Å²) in [6, 6.07) is 13.1. The number of carbonyl (C=O) groups is 1. The summed E-state index contributed by atoms with van der Waals surface area (Å²) in [7, 11) is 1.55. The molecule has 0 bridgehead atoms. The second-order valence-electron chi connectivity index (χ2n) is 4.18. The van der Waals surface area contributed by atoms with Crippen molar-refractivity contribution in [3.05, 3.63) is 48.0 Å². The summed E-state index contributed by atoms with van der Waals surface area (Å²) < 4.78 is 5.30. The fraction of sp³-hybridized carbons (Fsp3) is 0.188. The number of benzene rings is 2. The number of methoxy groups -OCH3 is 1. The maximum Gasteiger partial charge on any atom is 0.335 e. The molecule has 1 N–H and O–H groups in total. The molecule has 0 radical (unpaired) electrons. The Morgan fingerprint density at radius 1 is 1.20 bits per heavy atom. The van der Waals surface area contributed by atoms with Gasteiger partial charge in [-0.3, -0.25) is 0 Å². The normalized spacial score (nSPS) is 10.3. The number of aromatic carboxylic acids is 1. The van der Waals surface area contributed by atoms with E-state index >= 15 is 0 Å². The molecule has 2 aromatic rings. The van der Waals surface area contributed by atoms with Crippen LogP contribution in [-0.4, -0.2) is 23.9 Å². The van der Waals surface area contributed by atoms with Gasteiger partial charge in [-0.25, -0.2) is 4.79 Å². The van der Waals surface area contributed by atoms with Crippen LogP contribution in [0.2, 0.25) is 0 Å². The molecule has 3 nitrogen and oxygen atoms in total. The van der Waals surface area contributed by atoms with Gasteiger partial charge in [0, 0.05) is 10.5 Å². The maximum absolute atomic E-state index is 11.0. The van der Waals surface area contributed by atoms with Gasteiger partial charge in [-0.1, -0.05) is 19.1 Å². The molecule has 2 aromatic carbocycles. The van der Waals surface area contributed by atoms with Crippen molar-refractivity contribution >= 4 is 17.7 Å². The van der Waals surface area contributed by atoms with Gasteiger partial charge in [-0.05, 0) is 41.6 Å². The van der Waals surface area contributed by atoms with Crippen molar-refractivity contribution < 1.29 is 14.6 Å². The first-order valence-corrected chi connectivity index (χ1v) is 7.29. The quantitative estimate of drug-likeness (QED) is 0.839. The molecule has 0 heterocycles. The average molecular weight is 288 g/mol. The molecule has 0 atom stereocenters. The van der Waals surface area contributed by atoms with Crippen LogP contribution in [0.5, 0.6) is 5.75 Å². The second kappa shape index (κ2) is 6.48. The van der Waals surface area contributed by atoms with Gasteiger partial charge in [0.2, 0.25) is 0 Å². The molecule has 104 valence electrons. The van der Waals surface area contributed by atoms with Gasteiger partial charge in [0.25, 0.3) is 0 Å². The summed E-state index contributed by atoms with van der Waals surface area (Å²) in [5.41, 5.74) is 2.13. The van der Waals surface area contributed by atoms with E-state index in [1.165, 1.54) is 4.90 Å². The molecule has 20 heavy (non-hydrogen) atoms. The van der Waals surface area contributed by atoms with Crippen LogP contribution in [0.15, 0.2) is 47.4 Å². The molecular formula is C16H16O3S. The summed E-state index contributed by atoms with van der Waals surface area (Å²) in [6.07, 6.45) is 0. The summed E-state index contributed by atoms with van der Waals surface area (Å²) >= 11 is 1.79. The van der Waals surface area contributed by atoms with Crippen LogP contribution in [0.3, 0.4) is 0 Å². The van der Waals surface area contributed by atoms with E-state index in [0.29, 0.717) is 5.75 Å². The number of carboxylic acid groups (broad SMARTS) is 1. The smallest absolute Gasteiger partial charge is 0.335 e. The Balaban J connectivity index is 2.38. The first-order chi connectivity index (χ1) is 9.65. The molecule has 0 aliphatic heterocycles. The Bertz CT molecular complexity index is 606. The van der Waals surface area contributed by atoms with Crippen LogP contribution in [0.25, 0.3) is 11.1 Å². The van der Waals surface area contributed by atoms with E-state index in [1.807, 2.05) is 12.1 Å².